The van der Waals surface area contributed by atoms with E-state index in [1.54, 1.807) is 42.2 Å². The van der Waals surface area contributed by atoms with Crippen LogP contribution in [0.25, 0.3) is 0 Å². The van der Waals surface area contributed by atoms with Gasteiger partial charge in [0.1, 0.15) is 11.9 Å². The number of nitrogens with zero attached hydrogens (tertiary/aromatic N) is 2. The largest absolute Gasteiger partial charge is 0.488 e. The SMILES string of the molecule is Cc1ccc(S(=O)(=O)Nc2ccc3c(c2)CC(=O)N([C@H](C)CO)C[C@H](C)[C@H](CN(C)S(C)(=O)=O)O3)cc1. The molecule has 0 aromatic heterocycles. The number of hydrogen-bond acceptors (Lipinski definition) is 7. The molecule has 0 fully saturated rings. The molecule has 0 bridgehead atoms. The van der Waals surface area contributed by atoms with E-state index < -0.39 is 32.2 Å². The number of benzene rings is 2. The highest BCUT2D eigenvalue weighted by Gasteiger charge is 2.32. The van der Waals surface area contributed by atoms with Gasteiger partial charge >= 0.3 is 0 Å². The van der Waals surface area contributed by atoms with Gasteiger partial charge in [-0.3, -0.25) is 9.52 Å². The molecule has 0 radical (unpaired) electrons. The molecule has 0 spiro atoms. The number of sulfonamides is 2. The second-order valence-electron chi connectivity index (χ2n) is 9.67. The third-order valence-electron chi connectivity index (χ3n) is 6.50. The molecule has 3 rings (SSSR count). The van der Waals surface area contributed by atoms with Crippen molar-refractivity contribution in [1.29, 1.82) is 0 Å². The number of carbonyl (C=O) groups excluding carboxylic acids is 1. The summed E-state index contributed by atoms with van der Waals surface area (Å²) in [5, 5.41) is 9.74. The average molecular weight is 554 g/mol. The fraction of sp³-hybridized carbons (Fsp3) is 0.480. The molecule has 204 valence electrons. The van der Waals surface area contributed by atoms with Gasteiger partial charge in [0.15, 0.2) is 0 Å². The number of rotatable bonds is 8. The standard InChI is InChI=1S/C25H35N3O7S2/c1-17-6-9-22(10-7-17)37(33,34)26-21-8-11-23-20(12-21)13-25(30)28(19(3)16-29)14-18(2)24(35-23)15-27(4)36(5,31)32/h6-12,18-19,24,26,29H,13-16H2,1-5H3/t18-,19+,24-/m0/s1. The van der Waals surface area contributed by atoms with Crippen molar-refractivity contribution >= 4 is 31.6 Å². The molecule has 10 nitrogen and oxygen atoms in total. The van der Waals surface area contributed by atoms with Crippen molar-refractivity contribution in [1.82, 2.24) is 9.21 Å². The Kier molecular flexibility index (Phi) is 8.89. The molecule has 3 atom stereocenters. The van der Waals surface area contributed by atoms with Crippen molar-refractivity contribution in [2.24, 2.45) is 5.92 Å². The summed E-state index contributed by atoms with van der Waals surface area (Å²) in [4.78, 5) is 14.9. The molecule has 37 heavy (non-hydrogen) atoms. The number of anilines is 1. The highest BCUT2D eigenvalue weighted by atomic mass is 32.2. The van der Waals surface area contributed by atoms with Gasteiger partial charge in [0.25, 0.3) is 10.0 Å². The number of ether oxygens (including phenoxy) is 1. The number of nitrogens with one attached hydrogen (secondary N) is 1. The quantitative estimate of drug-likeness (QED) is 0.510. The van der Waals surface area contributed by atoms with Gasteiger partial charge in [-0.2, -0.15) is 0 Å². The van der Waals surface area contributed by atoms with Crippen molar-refractivity contribution in [3.63, 3.8) is 0 Å². The van der Waals surface area contributed by atoms with E-state index in [0.29, 0.717) is 11.3 Å². The Labute approximate surface area is 219 Å². The van der Waals surface area contributed by atoms with Gasteiger partial charge in [0, 0.05) is 30.8 Å². The first-order chi connectivity index (χ1) is 17.2. The van der Waals surface area contributed by atoms with Crippen LogP contribution in [-0.2, 0) is 31.3 Å². The predicted molar refractivity (Wildman–Crippen MR) is 141 cm³/mol. The third kappa shape index (κ3) is 7.22. The highest BCUT2D eigenvalue weighted by Crippen LogP contribution is 2.30. The summed E-state index contributed by atoms with van der Waals surface area (Å²) < 4.78 is 60.0. The normalized spacial score (nSPS) is 19.9. The number of fused-ring (bicyclic) bond motifs is 1. The molecule has 0 unspecified atom stereocenters. The van der Waals surface area contributed by atoms with Crippen LogP contribution in [0.2, 0.25) is 0 Å². The minimum absolute atomic E-state index is 0.0524. The van der Waals surface area contributed by atoms with E-state index in [9.17, 15) is 26.7 Å². The summed E-state index contributed by atoms with van der Waals surface area (Å²) in [6.07, 6.45) is 0.422. The molecule has 0 aliphatic carbocycles. The lowest BCUT2D eigenvalue weighted by Gasteiger charge is -2.33. The lowest BCUT2D eigenvalue weighted by atomic mass is 10.0. The fourth-order valence-electron chi connectivity index (χ4n) is 4.03. The zero-order valence-corrected chi connectivity index (χ0v) is 23.3. The lowest BCUT2D eigenvalue weighted by molar-refractivity contribution is -0.134. The minimum atomic E-state index is -3.87. The van der Waals surface area contributed by atoms with Crippen LogP contribution in [0.5, 0.6) is 5.75 Å². The predicted octanol–water partition coefficient (Wildman–Crippen LogP) is 1.84. The van der Waals surface area contributed by atoms with E-state index >= 15 is 0 Å². The van der Waals surface area contributed by atoms with Gasteiger partial charge in [-0.25, -0.2) is 21.1 Å². The van der Waals surface area contributed by atoms with Gasteiger partial charge in [-0.05, 0) is 44.2 Å². The first-order valence-electron chi connectivity index (χ1n) is 11.9. The maximum Gasteiger partial charge on any atom is 0.261 e. The maximum atomic E-state index is 13.3. The molecule has 1 heterocycles. The van der Waals surface area contributed by atoms with Gasteiger partial charge in [0.05, 0.1) is 36.8 Å². The minimum Gasteiger partial charge on any atom is -0.488 e. The summed E-state index contributed by atoms with van der Waals surface area (Å²) >= 11 is 0. The number of aliphatic hydroxyl groups is 1. The van der Waals surface area contributed by atoms with Gasteiger partial charge in [-0.1, -0.05) is 24.6 Å². The molecule has 2 aromatic rings. The third-order valence-corrected chi connectivity index (χ3v) is 9.18. The van der Waals surface area contributed by atoms with Crippen molar-refractivity contribution in [3.05, 3.63) is 53.6 Å². The van der Waals surface area contributed by atoms with Crippen LogP contribution in [0.1, 0.15) is 25.0 Å². The summed E-state index contributed by atoms with van der Waals surface area (Å²) in [6.45, 7) is 5.52. The van der Waals surface area contributed by atoms with Crippen LogP contribution in [0.15, 0.2) is 47.4 Å². The van der Waals surface area contributed by atoms with Crippen molar-refractivity contribution in [2.75, 3.05) is 37.7 Å². The lowest BCUT2D eigenvalue weighted by Crippen LogP contribution is -2.48. The van der Waals surface area contributed by atoms with E-state index in [1.165, 1.54) is 23.5 Å². The Morgan fingerprint density at radius 3 is 2.41 bits per heavy atom. The van der Waals surface area contributed by atoms with Gasteiger partial charge < -0.3 is 14.7 Å². The van der Waals surface area contributed by atoms with Crippen molar-refractivity contribution < 1.29 is 31.5 Å². The summed E-state index contributed by atoms with van der Waals surface area (Å²) in [5.41, 5.74) is 1.64. The van der Waals surface area contributed by atoms with Crippen LogP contribution in [0, 0.1) is 12.8 Å². The van der Waals surface area contributed by atoms with E-state index in [4.69, 9.17) is 4.74 Å². The van der Waals surface area contributed by atoms with Crippen molar-refractivity contribution in [3.8, 4) is 5.75 Å². The second kappa shape index (κ2) is 11.4. The van der Waals surface area contributed by atoms with Crippen LogP contribution in [-0.4, -0.2) is 82.2 Å². The molecule has 0 saturated heterocycles. The topological polar surface area (TPSA) is 133 Å². The van der Waals surface area contributed by atoms with Crippen LogP contribution >= 0.6 is 0 Å². The average Bonchev–Trinajstić information content (AvgIpc) is 2.86. The number of aryl methyl sites for hydroxylation is 1. The fourth-order valence-corrected chi connectivity index (χ4v) is 5.50. The molecule has 1 amide bonds. The number of amides is 1. The molecule has 1 aliphatic heterocycles. The van der Waals surface area contributed by atoms with Crippen LogP contribution in [0.3, 0.4) is 0 Å². The molecule has 2 aromatic carbocycles. The first-order valence-corrected chi connectivity index (χ1v) is 15.2. The van der Waals surface area contributed by atoms with E-state index in [-0.39, 0.29) is 48.5 Å². The molecular weight excluding hydrogens is 518 g/mol. The monoisotopic (exact) mass is 553 g/mol. The van der Waals surface area contributed by atoms with Crippen LogP contribution in [0.4, 0.5) is 5.69 Å². The molecule has 12 heteroatoms. The number of aliphatic hydroxyl groups excluding tert-OH is 1. The number of likely N-dealkylation sites (N-methyl/N-ethyl adjacent to an activating group) is 1. The highest BCUT2D eigenvalue weighted by molar-refractivity contribution is 7.92. The number of carbonyl (C=O) groups is 1. The Hall–Kier alpha value is -2.67. The van der Waals surface area contributed by atoms with E-state index in [0.717, 1.165) is 11.8 Å². The number of hydrogen-bond donors (Lipinski definition) is 2. The summed E-state index contributed by atoms with van der Waals surface area (Å²) in [6, 6.07) is 10.7. The van der Waals surface area contributed by atoms with E-state index in [2.05, 4.69) is 4.72 Å². The summed E-state index contributed by atoms with van der Waals surface area (Å²) in [5.74, 6) is -0.161. The molecular formula is C25H35N3O7S2. The van der Waals surface area contributed by atoms with E-state index in [1.807, 2.05) is 13.8 Å². The van der Waals surface area contributed by atoms with Crippen molar-refractivity contribution in [2.45, 2.75) is 44.2 Å². The Morgan fingerprint density at radius 1 is 1.16 bits per heavy atom. The summed E-state index contributed by atoms with van der Waals surface area (Å²) in [7, 11) is -5.89. The first kappa shape index (κ1) is 28.9. The zero-order chi connectivity index (χ0) is 27.5. The molecule has 0 saturated carbocycles. The maximum absolute atomic E-state index is 13.3. The zero-order valence-electron chi connectivity index (χ0n) is 21.7. The smallest absolute Gasteiger partial charge is 0.261 e. The Balaban J connectivity index is 1.99. The van der Waals surface area contributed by atoms with Gasteiger partial charge in [-0.15, -0.1) is 0 Å². The van der Waals surface area contributed by atoms with Gasteiger partial charge in [0.2, 0.25) is 15.9 Å². The second-order valence-corrected chi connectivity index (χ2v) is 13.4. The Bertz CT molecular complexity index is 1330. The Morgan fingerprint density at radius 2 is 1.81 bits per heavy atom. The molecule has 2 N–H and O–H groups in total. The molecule has 1 aliphatic rings. The van der Waals surface area contributed by atoms with Crippen LogP contribution < -0.4 is 9.46 Å².